The molecule has 0 unspecified atom stereocenters. The Morgan fingerprint density at radius 3 is 2.79 bits per heavy atom. The van der Waals surface area contributed by atoms with Crippen LogP contribution < -0.4 is 5.32 Å². The van der Waals surface area contributed by atoms with Gasteiger partial charge >= 0.3 is 0 Å². The maximum absolute atomic E-state index is 10.6. The first kappa shape index (κ1) is 12.4. The van der Waals surface area contributed by atoms with Gasteiger partial charge in [-0.15, -0.1) is 0 Å². The van der Waals surface area contributed by atoms with Crippen LogP contribution in [0.15, 0.2) is 36.8 Å². The minimum Gasteiger partial charge on any atom is -0.365 e. The van der Waals surface area contributed by atoms with Gasteiger partial charge in [0.15, 0.2) is 0 Å². The molecule has 94 valence electrons. The SMILES string of the molecule is N#Cc1cc([N+](=O)[O-])cnc1NCc1ccncc1. The third-order valence-electron chi connectivity index (χ3n) is 2.41. The smallest absolute Gasteiger partial charge is 0.289 e. The topological polar surface area (TPSA) is 105 Å². The average Bonchev–Trinajstić information content (AvgIpc) is 2.45. The van der Waals surface area contributed by atoms with E-state index in [2.05, 4.69) is 15.3 Å². The molecule has 2 aromatic rings. The van der Waals surface area contributed by atoms with E-state index in [-0.39, 0.29) is 11.3 Å². The summed E-state index contributed by atoms with van der Waals surface area (Å²) in [6.45, 7) is 0.460. The number of pyridine rings is 2. The number of hydrogen-bond donors (Lipinski definition) is 1. The highest BCUT2D eigenvalue weighted by atomic mass is 16.6. The highest BCUT2D eigenvalue weighted by Gasteiger charge is 2.11. The van der Waals surface area contributed by atoms with Gasteiger partial charge in [0.25, 0.3) is 5.69 Å². The molecule has 0 aromatic carbocycles. The molecule has 2 heterocycles. The lowest BCUT2D eigenvalue weighted by molar-refractivity contribution is -0.385. The maximum atomic E-state index is 10.6. The summed E-state index contributed by atoms with van der Waals surface area (Å²) in [6, 6.07) is 6.73. The van der Waals surface area contributed by atoms with Gasteiger partial charge in [0.2, 0.25) is 0 Å². The summed E-state index contributed by atoms with van der Waals surface area (Å²) in [5.74, 6) is 0.324. The van der Waals surface area contributed by atoms with Gasteiger partial charge in [0.05, 0.1) is 4.92 Å². The van der Waals surface area contributed by atoms with Crippen LogP contribution in [0.2, 0.25) is 0 Å². The van der Waals surface area contributed by atoms with Gasteiger partial charge in [-0.25, -0.2) is 4.98 Å². The second kappa shape index (κ2) is 5.55. The molecule has 0 aliphatic heterocycles. The van der Waals surface area contributed by atoms with Gasteiger partial charge in [-0.3, -0.25) is 15.1 Å². The van der Waals surface area contributed by atoms with E-state index >= 15 is 0 Å². The fraction of sp³-hybridized carbons (Fsp3) is 0.0833. The fourth-order valence-electron chi connectivity index (χ4n) is 1.47. The van der Waals surface area contributed by atoms with E-state index in [0.29, 0.717) is 12.4 Å². The van der Waals surface area contributed by atoms with Gasteiger partial charge in [0, 0.05) is 25.0 Å². The van der Waals surface area contributed by atoms with Gasteiger partial charge in [-0.1, -0.05) is 0 Å². The van der Waals surface area contributed by atoms with Crippen molar-refractivity contribution in [2.24, 2.45) is 0 Å². The van der Waals surface area contributed by atoms with Crippen LogP contribution in [0.4, 0.5) is 11.5 Å². The number of nitrogens with zero attached hydrogens (tertiary/aromatic N) is 4. The van der Waals surface area contributed by atoms with E-state index in [4.69, 9.17) is 5.26 Å². The van der Waals surface area contributed by atoms with Crippen LogP contribution in [-0.2, 0) is 6.54 Å². The first-order valence-corrected chi connectivity index (χ1v) is 5.38. The average molecular weight is 255 g/mol. The Morgan fingerprint density at radius 2 is 2.16 bits per heavy atom. The molecule has 0 amide bonds. The van der Waals surface area contributed by atoms with Crippen LogP contribution in [0.1, 0.15) is 11.1 Å². The molecule has 2 aromatic heterocycles. The largest absolute Gasteiger partial charge is 0.365 e. The monoisotopic (exact) mass is 255 g/mol. The molecular formula is C12H9N5O2. The molecule has 19 heavy (non-hydrogen) atoms. The van der Waals surface area contributed by atoms with Crippen LogP contribution in [0, 0.1) is 21.4 Å². The molecule has 7 nitrogen and oxygen atoms in total. The standard InChI is InChI=1S/C12H9N5O2/c13-6-10-5-11(17(18)19)8-16-12(10)15-7-9-1-3-14-4-2-9/h1-5,8H,7H2,(H,15,16). The molecular weight excluding hydrogens is 246 g/mol. The van der Waals surface area contributed by atoms with Gasteiger partial charge in [-0.05, 0) is 17.7 Å². The second-order valence-electron chi connectivity index (χ2n) is 3.67. The van der Waals surface area contributed by atoms with Crippen molar-refractivity contribution in [1.29, 1.82) is 5.26 Å². The number of nitro groups is 1. The van der Waals surface area contributed by atoms with Crippen molar-refractivity contribution in [3.05, 3.63) is 58.0 Å². The molecule has 0 fully saturated rings. The molecule has 0 saturated heterocycles. The molecule has 0 saturated carbocycles. The van der Waals surface area contributed by atoms with Crippen LogP contribution >= 0.6 is 0 Å². The van der Waals surface area contributed by atoms with Crippen LogP contribution in [0.25, 0.3) is 0 Å². The minimum atomic E-state index is -0.583. The van der Waals surface area contributed by atoms with E-state index in [1.54, 1.807) is 12.4 Å². The number of rotatable bonds is 4. The Kier molecular flexibility index (Phi) is 3.64. The molecule has 7 heteroatoms. The summed E-state index contributed by atoms with van der Waals surface area (Å²) in [7, 11) is 0. The molecule has 0 aliphatic rings. The van der Waals surface area contributed by atoms with Crippen molar-refractivity contribution >= 4 is 11.5 Å². The summed E-state index contributed by atoms with van der Waals surface area (Å²) in [6.07, 6.45) is 4.44. The van der Waals surface area contributed by atoms with Crippen LogP contribution in [-0.4, -0.2) is 14.9 Å². The third-order valence-corrected chi connectivity index (χ3v) is 2.41. The Labute approximate surface area is 108 Å². The van der Waals surface area contributed by atoms with E-state index in [1.807, 2.05) is 18.2 Å². The van der Waals surface area contributed by atoms with Gasteiger partial charge in [-0.2, -0.15) is 5.26 Å². The van der Waals surface area contributed by atoms with Crippen molar-refractivity contribution in [3.8, 4) is 6.07 Å². The minimum absolute atomic E-state index is 0.142. The molecule has 0 aliphatic carbocycles. The van der Waals surface area contributed by atoms with Crippen LogP contribution in [0.5, 0.6) is 0 Å². The lowest BCUT2D eigenvalue weighted by Gasteiger charge is -2.06. The number of anilines is 1. The normalized spacial score (nSPS) is 9.63. The molecule has 2 rings (SSSR count). The lowest BCUT2D eigenvalue weighted by atomic mass is 10.2. The highest BCUT2D eigenvalue weighted by molar-refractivity contribution is 5.55. The Bertz CT molecular complexity index is 636. The van der Waals surface area contributed by atoms with Crippen molar-refractivity contribution < 1.29 is 4.92 Å². The zero-order valence-electron chi connectivity index (χ0n) is 9.78. The number of nitrogens with one attached hydrogen (secondary N) is 1. The first-order chi connectivity index (χ1) is 9.20. The van der Waals surface area contributed by atoms with Crippen LogP contribution in [0.3, 0.4) is 0 Å². The number of aromatic nitrogens is 2. The fourth-order valence-corrected chi connectivity index (χ4v) is 1.47. The maximum Gasteiger partial charge on any atom is 0.289 e. The number of nitriles is 1. The Hall–Kier alpha value is -3.01. The highest BCUT2D eigenvalue weighted by Crippen LogP contribution is 2.18. The predicted molar refractivity (Wildman–Crippen MR) is 67.2 cm³/mol. The van der Waals surface area contributed by atoms with Crippen molar-refractivity contribution in [1.82, 2.24) is 9.97 Å². The third kappa shape index (κ3) is 3.01. The summed E-state index contributed by atoms with van der Waals surface area (Å²) in [5.41, 5.74) is 0.910. The van der Waals surface area contributed by atoms with E-state index in [9.17, 15) is 10.1 Å². The predicted octanol–water partition coefficient (Wildman–Crippen LogP) is 1.87. The Morgan fingerprint density at radius 1 is 1.42 bits per heavy atom. The molecule has 0 radical (unpaired) electrons. The van der Waals surface area contributed by atoms with Gasteiger partial charge in [0.1, 0.15) is 23.6 Å². The van der Waals surface area contributed by atoms with Crippen molar-refractivity contribution in [3.63, 3.8) is 0 Å². The zero-order valence-corrected chi connectivity index (χ0v) is 9.78. The van der Waals surface area contributed by atoms with E-state index in [0.717, 1.165) is 11.8 Å². The quantitative estimate of drug-likeness (QED) is 0.660. The molecule has 0 bridgehead atoms. The summed E-state index contributed by atoms with van der Waals surface area (Å²) < 4.78 is 0. The summed E-state index contributed by atoms with van der Waals surface area (Å²) in [5, 5.41) is 22.5. The van der Waals surface area contributed by atoms with Crippen molar-refractivity contribution in [2.45, 2.75) is 6.54 Å². The van der Waals surface area contributed by atoms with Crippen molar-refractivity contribution in [2.75, 3.05) is 5.32 Å². The lowest BCUT2D eigenvalue weighted by Crippen LogP contribution is -2.04. The Balaban J connectivity index is 2.17. The molecule has 0 atom stereocenters. The zero-order chi connectivity index (χ0) is 13.7. The second-order valence-corrected chi connectivity index (χ2v) is 3.67. The summed E-state index contributed by atoms with van der Waals surface area (Å²) in [4.78, 5) is 17.8. The molecule has 0 spiro atoms. The first-order valence-electron chi connectivity index (χ1n) is 5.38. The number of hydrogen-bond acceptors (Lipinski definition) is 6. The van der Waals surface area contributed by atoms with Gasteiger partial charge < -0.3 is 5.32 Å². The van der Waals surface area contributed by atoms with E-state index < -0.39 is 4.92 Å². The summed E-state index contributed by atoms with van der Waals surface area (Å²) >= 11 is 0. The molecule has 1 N–H and O–H groups in total. The van der Waals surface area contributed by atoms with E-state index in [1.165, 1.54) is 6.07 Å².